The van der Waals surface area contributed by atoms with Crippen molar-refractivity contribution >= 4 is 0 Å². The molecule has 0 spiro atoms. The fourth-order valence-corrected chi connectivity index (χ4v) is 2.60. The minimum absolute atomic E-state index is 0.130. The number of nitrogens with one attached hydrogen (secondary N) is 1. The number of hydrogen-bond donors (Lipinski definition) is 3. The zero-order valence-corrected chi connectivity index (χ0v) is 11.1. The van der Waals surface area contributed by atoms with Crippen LogP contribution in [0.15, 0.2) is 24.3 Å². The van der Waals surface area contributed by atoms with Crippen LogP contribution in [-0.4, -0.2) is 29.4 Å². The van der Waals surface area contributed by atoms with Crippen LogP contribution in [0.3, 0.4) is 0 Å². The summed E-state index contributed by atoms with van der Waals surface area (Å²) >= 11 is 0. The lowest BCUT2D eigenvalue weighted by molar-refractivity contribution is 0.106. The van der Waals surface area contributed by atoms with Crippen LogP contribution in [0, 0.1) is 11.7 Å². The summed E-state index contributed by atoms with van der Waals surface area (Å²) in [5.41, 5.74) is 0.603. The van der Waals surface area contributed by atoms with Crippen molar-refractivity contribution in [2.75, 3.05) is 13.1 Å². The molecule has 1 aromatic rings. The van der Waals surface area contributed by atoms with Gasteiger partial charge in [0, 0.05) is 6.54 Å². The van der Waals surface area contributed by atoms with Crippen molar-refractivity contribution in [2.24, 2.45) is 5.92 Å². The van der Waals surface area contributed by atoms with E-state index in [9.17, 15) is 14.6 Å². The Bertz CT molecular complexity index is 391. The lowest BCUT2D eigenvalue weighted by Crippen LogP contribution is -2.30. The summed E-state index contributed by atoms with van der Waals surface area (Å²) in [6.45, 7) is 1.28. The summed E-state index contributed by atoms with van der Waals surface area (Å²) in [7, 11) is 0. The highest BCUT2D eigenvalue weighted by molar-refractivity contribution is 5.18. The van der Waals surface area contributed by atoms with Gasteiger partial charge in [0.25, 0.3) is 0 Å². The zero-order chi connectivity index (χ0) is 13.7. The van der Waals surface area contributed by atoms with Crippen LogP contribution in [0.1, 0.15) is 37.4 Å². The molecule has 1 aliphatic rings. The first-order valence-electron chi connectivity index (χ1n) is 6.97. The first-order chi connectivity index (χ1) is 9.15. The van der Waals surface area contributed by atoms with Crippen molar-refractivity contribution < 1.29 is 14.6 Å². The van der Waals surface area contributed by atoms with Gasteiger partial charge in [-0.2, -0.15) is 0 Å². The molecule has 3 N–H and O–H groups in total. The third-order valence-electron chi connectivity index (χ3n) is 3.82. The Morgan fingerprint density at radius 1 is 1.26 bits per heavy atom. The molecule has 0 heterocycles. The van der Waals surface area contributed by atoms with Gasteiger partial charge in [0.2, 0.25) is 0 Å². The fraction of sp³-hybridized carbons (Fsp3) is 0.600. The minimum atomic E-state index is -0.676. The quantitative estimate of drug-likeness (QED) is 0.765. The molecule has 0 aliphatic heterocycles. The molecule has 106 valence electrons. The molecule has 0 radical (unpaired) electrons. The summed E-state index contributed by atoms with van der Waals surface area (Å²) in [4.78, 5) is 0. The van der Waals surface area contributed by atoms with E-state index in [1.54, 1.807) is 12.1 Å². The number of halogens is 1. The Labute approximate surface area is 113 Å². The SMILES string of the molecule is OC1CCC(CNCC(O)c2cccc(F)c2)CC1. The maximum absolute atomic E-state index is 13.0. The summed E-state index contributed by atoms with van der Waals surface area (Å²) < 4.78 is 13.0. The van der Waals surface area contributed by atoms with Crippen molar-refractivity contribution in [3.63, 3.8) is 0 Å². The van der Waals surface area contributed by atoms with E-state index < -0.39 is 6.10 Å². The summed E-state index contributed by atoms with van der Waals surface area (Å²) in [6, 6.07) is 6.07. The van der Waals surface area contributed by atoms with Crippen LogP contribution in [-0.2, 0) is 0 Å². The molecule has 1 aromatic carbocycles. The summed E-state index contributed by atoms with van der Waals surface area (Å²) in [6.07, 6.45) is 3.01. The standard InChI is InChI=1S/C15H22FNO2/c16-13-3-1-2-12(8-13)15(19)10-17-9-11-4-6-14(18)7-5-11/h1-3,8,11,14-15,17-19H,4-7,9-10H2. The monoisotopic (exact) mass is 267 g/mol. The molecule has 2 rings (SSSR count). The Hall–Kier alpha value is -0.970. The highest BCUT2D eigenvalue weighted by Gasteiger charge is 2.19. The van der Waals surface area contributed by atoms with E-state index in [0.29, 0.717) is 18.0 Å². The van der Waals surface area contributed by atoms with Crippen LogP contribution in [0.5, 0.6) is 0 Å². The Morgan fingerprint density at radius 2 is 2.00 bits per heavy atom. The lowest BCUT2D eigenvalue weighted by atomic mass is 9.87. The maximum Gasteiger partial charge on any atom is 0.123 e. The Kier molecular flexibility index (Phi) is 5.31. The van der Waals surface area contributed by atoms with Gasteiger partial charge in [-0.15, -0.1) is 0 Å². The van der Waals surface area contributed by atoms with Crippen molar-refractivity contribution in [3.05, 3.63) is 35.6 Å². The van der Waals surface area contributed by atoms with Gasteiger partial charge in [0.15, 0.2) is 0 Å². The lowest BCUT2D eigenvalue weighted by Gasteiger charge is -2.26. The summed E-state index contributed by atoms with van der Waals surface area (Å²) in [5, 5.41) is 22.6. The van der Waals surface area contributed by atoms with Gasteiger partial charge in [-0.3, -0.25) is 0 Å². The number of hydrogen-bond acceptors (Lipinski definition) is 3. The average Bonchev–Trinajstić information content (AvgIpc) is 2.41. The molecule has 1 aliphatic carbocycles. The van der Waals surface area contributed by atoms with E-state index in [1.807, 2.05) is 0 Å². The molecule has 1 atom stereocenters. The van der Waals surface area contributed by atoms with Gasteiger partial charge >= 0.3 is 0 Å². The van der Waals surface area contributed by atoms with Crippen LogP contribution in [0.4, 0.5) is 4.39 Å². The predicted molar refractivity (Wildman–Crippen MR) is 72.2 cm³/mol. The maximum atomic E-state index is 13.0. The van der Waals surface area contributed by atoms with Gasteiger partial charge in [-0.25, -0.2) is 4.39 Å². The molecule has 0 amide bonds. The van der Waals surface area contributed by atoms with Gasteiger partial charge in [-0.05, 0) is 55.8 Å². The molecule has 0 saturated heterocycles. The number of aliphatic hydroxyl groups is 2. The molecule has 4 heteroatoms. The van der Waals surface area contributed by atoms with E-state index in [4.69, 9.17) is 0 Å². The highest BCUT2D eigenvalue weighted by atomic mass is 19.1. The molecular weight excluding hydrogens is 245 g/mol. The number of rotatable bonds is 5. The molecule has 1 unspecified atom stereocenters. The van der Waals surface area contributed by atoms with Crippen LogP contribution < -0.4 is 5.32 Å². The third-order valence-corrected chi connectivity index (χ3v) is 3.82. The average molecular weight is 267 g/mol. The number of aliphatic hydroxyl groups excluding tert-OH is 2. The zero-order valence-electron chi connectivity index (χ0n) is 11.1. The second-order valence-corrected chi connectivity index (χ2v) is 5.40. The molecule has 3 nitrogen and oxygen atoms in total. The van der Waals surface area contributed by atoms with Gasteiger partial charge < -0.3 is 15.5 Å². The molecule has 1 saturated carbocycles. The second-order valence-electron chi connectivity index (χ2n) is 5.40. The Morgan fingerprint density at radius 3 is 2.68 bits per heavy atom. The van der Waals surface area contributed by atoms with Crippen molar-refractivity contribution in [1.29, 1.82) is 0 Å². The van der Waals surface area contributed by atoms with E-state index in [1.165, 1.54) is 12.1 Å². The predicted octanol–water partition coefficient (Wildman–Crippen LogP) is 2.00. The normalized spacial score (nSPS) is 25.2. The van der Waals surface area contributed by atoms with Gasteiger partial charge in [0.1, 0.15) is 5.82 Å². The highest BCUT2D eigenvalue weighted by Crippen LogP contribution is 2.23. The second kappa shape index (κ2) is 6.98. The molecule has 0 bridgehead atoms. The summed E-state index contributed by atoms with van der Waals surface area (Å²) in [5.74, 6) is 0.251. The fourth-order valence-electron chi connectivity index (χ4n) is 2.60. The first kappa shape index (κ1) is 14.4. The van der Waals surface area contributed by atoms with Crippen molar-refractivity contribution in [3.8, 4) is 0 Å². The van der Waals surface area contributed by atoms with E-state index in [0.717, 1.165) is 32.2 Å². The smallest absolute Gasteiger partial charge is 0.123 e. The third kappa shape index (κ3) is 4.56. The van der Waals surface area contributed by atoms with E-state index >= 15 is 0 Å². The molecule has 0 aromatic heterocycles. The molecular formula is C15H22FNO2. The van der Waals surface area contributed by atoms with Crippen molar-refractivity contribution in [2.45, 2.75) is 37.9 Å². The number of benzene rings is 1. The van der Waals surface area contributed by atoms with Crippen LogP contribution in [0.25, 0.3) is 0 Å². The largest absolute Gasteiger partial charge is 0.393 e. The van der Waals surface area contributed by atoms with E-state index in [2.05, 4.69) is 5.32 Å². The Balaban J connectivity index is 1.70. The minimum Gasteiger partial charge on any atom is -0.393 e. The van der Waals surface area contributed by atoms with Crippen LogP contribution >= 0.6 is 0 Å². The van der Waals surface area contributed by atoms with Gasteiger partial charge in [-0.1, -0.05) is 12.1 Å². The van der Waals surface area contributed by atoms with Gasteiger partial charge in [0.05, 0.1) is 12.2 Å². The van der Waals surface area contributed by atoms with E-state index in [-0.39, 0.29) is 11.9 Å². The van der Waals surface area contributed by atoms with Crippen LogP contribution in [0.2, 0.25) is 0 Å². The van der Waals surface area contributed by atoms with Crippen molar-refractivity contribution in [1.82, 2.24) is 5.32 Å². The molecule has 1 fully saturated rings. The topological polar surface area (TPSA) is 52.5 Å². The molecule has 19 heavy (non-hydrogen) atoms. The first-order valence-corrected chi connectivity index (χ1v) is 6.97.